The van der Waals surface area contributed by atoms with Crippen molar-refractivity contribution in [1.82, 2.24) is 0 Å². The summed E-state index contributed by atoms with van der Waals surface area (Å²) >= 11 is 6.03. The predicted octanol–water partition coefficient (Wildman–Crippen LogP) is 4.14. The lowest BCUT2D eigenvalue weighted by molar-refractivity contribution is 0.161. The van der Waals surface area contributed by atoms with Crippen LogP contribution in [0.1, 0.15) is 29.7 Å². The zero-order valence-corrected chi connectivity index (χ0v) is 11.2. The molecule has 1 aliphatic rings. The van der Waals surface area contributed by atoms with Crippen LogP contribution in [0, 0.1) is 11.6 Å². The smallest absolute Gasteiger partial charge is 0.127 e. The zero-order valence-electron chi connectivity index (χ0n) is 10.4. The Morgan fingerprint density at radius 2 is 1.70 bits per heavy atom. The van der Waals surface area contributed by atoms with Crippen molar-refractivity contribution in [3.8, 4) is 5.75 Å². The molecule has 3 rings (SSSR count). The summed E-state index contributed by atoms with van der Waals surface area (Å²) in [5, 5.41) is 0.280. The Morgan fingerprint density at radius 3 is 2.40 bits per heavy atom. The normalized spacial score (nSPS) is 21.2. The highest BCUT2D eigenvalue weighted by atomic mass is 35.5. The maximum atomic E-state index is 13.3. The van der Waals surface area contributed by atoms with Gasteiger partial charge < -0.3 is 10.5 Å². The number of benzene rings is 2. The van der Waals surface area contributed by atoms with Crippen molar-refractivity contribution in [3.63, 3.8) is 0 Å². The van der Waals surface area contributed by atoms with E-state index in [1.54, 1.807) is 12.1 Å². The Kier molecular flexibility index (Phi) is 3.36. The van der Waals surface area contributed by atoms with Gasteiger partial charge in [-0.15, -0.1) is 0 Å². The van der Waals surface area contributed by atoms with Gasteiger partial charge in [0.05, 0.1) is 5.02 Å². The lowest BCUT2D eigenvalue weighted by atomic mass is 9.93. The number of halogens is 3. The molecule has 5 heteroatoms. The standard InChI is InChI=1S/C15H12ClF2NO/c16-12-5-8(17)1-3-10(12)15-7-13(19)11-4-2-9(18)6-14(11)20-15/h1-6,13,15H,7,19H2. The van der Waals surface area contributed by atoms with Crippen LogP contribution in [0.3, 0.4) is 0 Å². The highest BCUT2D eigenvalue weighted by molar-refractivity contribution is 6.31. The first kappa shape index (κ1) is 13.3. The van der Waals surface area contributed by atoms with Crippen molar-refractivity contribution >= 4 is 11.6 Å². The first-order valence-corrected chi connectivity index (χ1v) is 6.59. The minimum Gasteiger partial charge on any atom is -0.485 e. The summed E-state index contributed by atoms with van der Waals surface area (Å²) in [7, 11) is 0. The van der Waals surface area contributed by atoms with E-state index in [-0.39, 0.29) is 16.9 Å². The molecule has 2 aromatic rings. The molecular weight excluding hydrogens is 284 g/mol. The van der Waals surface area contributed by atoms with Gasteiger partial charge in [-0.25, -0.2) is 8.78 Å². The van der Waals surface area contributed by atoms with Crippen molar-refractivity contribution in [2.75, 3.05) is 0 Å². The summed E-state index contributed by atoms with van der Waals surface area (Å²) in [5.74, 6) is -0.388. The van der Waals surface area contributed by atoms with E-state index in [9.17, 15) is 8.78 Å². The molecule has 0 bridgehead atoms. The molecule has 2 atom stereocenters. The minimum absolute atomic E-state index is 0.273. The van der Waals surface area contributed by atoms with Gasteiger partial charge in [0, 0.05) is 29.7 Å². The maximum Gasteiger partial charge on any atom is 0.127 e. The second-order valence-corrected chi connectivity index (χ2v) is 5.20. The van der Waals surface area contributed by atoms with Crippen LogP contribution in [0.25, 0.3) is 0 Å². The SMILES string of the molecule is NC1CC(c2ccc(F)cc2Cl)Oc2cc(F)ccc21. The molecule has 1 aliphatic heterocycles. The van der Waals surface area contributed by atoms with Crippen LogP contribution in [-0.2, 0) is 0 Å². The lowest BCUT2D eigenvalue weighted by Gasteiger charge is -2.31. The third-order valence-electron chi connectivity index (χ3n) is 3.42. The van der Waals surface area contributed by atoms with E-state index < -0.39 is 11.9 Å². The number of hydrogen-bond donors (Lipinski definition) is 1. The van der Waals surface area contributed by atoms with Crippen LogP contribution >= 0.6 is 11.6 Å². The maximum absolute atomic E-state index is 13.3. The third-order valence-corrected chi connectivity index (χ3v) is 3.75. The topological polar surface area (TPSA) is 35.2 Å². The second kappa shape index (κ2) is 5.04. The average Bonchev–Trinajstić information content (AvgIpc) is 2.37. The molecule has 2 unspecified atom stereocenters. The van der Waals surface area contributed by atoms with E-state index in [0.29, 0.717) is 17.7 Å². The highest BCUT2D eigenvalue weighted by Crippen LogP contribution is 2.41. The second-order valence-electron chi connectivity index (χ2n) is 4.80. The zero-order chi connectivity index (χ0) is 14.3. The van der Waals surface area contributed by atoms with Gasteiger partial charge in [-0.1, -0.05) is 23.7 Å². The van der Waals surface area contributed by atoms with E-state index in [1.807, 2.05) is 0 Å². The number of rotatable bonds is 1. The predicted molar refractivity (Wildman–Crippen MR) is 72.7 cm³/mol. The monoisotopic (exact) mass is 295 g/mol. The summed E-state index contributed by atoms with van der Waals surface area (Å²) in [6, 6.07) is 8.12. The van der Waals surface area contributed by atoms with Crippen molar-refractivity contribution < 1.29 is 13.5 Å². The van der Waals surface area contributed by atoms with Crippen LogP contribution in [0.4, 0.5) is 8.78 Å². The fourth-order valence-electron chi connectivity index (χ4n) is 2.43. The molecule has 0 fully saturated rings. The lowest BCUT2D eigenvalue weighted by Crippen LogP contribution is -2.24. The van der Waals surface area contributed by atoms with Gasteiger partial charge in [-0.3, -0.25) is 0 Å². The van der Waals surface area contributed by atoms with Gasteiger partial charge in [-0.05, 0) is 18.2 Å². The van der Waals surface area contributed by atoms with Crippen LogP contribution in [-0.4, -0.2) is 0 Å². The van der Waals surface area contributed by atoms with Gasteiger partial charge >= 0.3 is 0 Å². The first-order chi connectivity index (χ1) is 9.54. The average molecular weight is 296 g/mol. The van der Waals surface area contributed by atoms with Crippen molar-refractivity contribution in [1.29, 1.82) is 0 Å². The van der Waals surface area contributed by atoms with Crippen molar-refractivity contribution in [3.05, 3.63) is 64.2 Å². The molecule has 0 spiro atoms. The number of fused-ring (bicyclic) bond motifs is 1. The van der Waals surface area contributed by atoms with Crippen molar-refractivity contribution in [2.24, 2.45) is 5.73 Å². The summed E-state index contributed by atoms with van der Waals surface area (Å²) in [5.41, 5.74) is 7.50. The first-order valence-electron chi connectivity index (χ1n) is 6.21. The summed E-state index contributed by atoms with van der Waals surface area (Å²) in [6.07, 6.45) is 0.0941. The molecule has 0 aromatic heterocycles. The number of hydrogen-bond acceptors (Lipinski definition) is 2. The minimum atomic E-state index is -0.412. The molecule has 0 radical (unpaired) electrons. The molecule has 0 aliphatic carbocycles. The highest BCUT2D eigenvalue weighted by Gasteiger charge is 2.28. The van der Waals surface area contributed by atoms with Gasteiger partial charge in [0.15, 0.2) is 0 Å². The van der Waals surface area contributed by atoms with Crippen LogP contribution in [0.5, 0.6) is 5.75 Å². The quantitative estimate of drug-likeness (QED) is 0.858. The van der Waals surface area contributed by atoms with Gasteiger partial charge in [0.1, 0.15) is 23.5 Å². The largest absolute Gasteiger partial charge is 0.485 e. The third kappa shape index (κ3) is 2.37. The molecule has 1 heterocycles. The van der Waals surface area contributed by atoms with Gasteiger partial charge in [-0.2, -0.15) is 0 Å². The molecule has 2 N–H and O–H groups in total. The fourth-order valence-corrected chi connectivity index (χ4v) is 2.72. The molecular formula is C15H12ClF2NO. The molecule has 20 heavy (non-hydrogen) atoms. The van der Waals surface area contributed by atoms with Gasteiger partial charge in [0.2, 0.25) is 0 Å². The van der Waals surface area contributed by atoms with Crippen molar-refractivity contribution in [2.45, 2.75) is 18.6 Å². The summed E-state index contributed by atoms with van der Waals surface area (Å²) in [6.45, 7) is 0. The van der Waals surface area contributed by atoms with E-state index in [0.717, 1.165) is 5.56 Å². The van der Waals surface area contributed by atoms with E-state index in [1.165, 1.54) is 24.3 Å². The molecule has 104 valence electrons. The summed E-state index contributed by atoms with van der Waals surface area (Å²) < 4.78 is 32.1. The molecule has 0 saturated carbocycles. The number of ether oxygens (including phenoxy) is 1. The molecule has 0 amide bonds. The van der Waals surface area contributed by atoms with Crippen LogP contribution < -0.4 is 10.5 Å². The molecule has 0 saturated heterocycles. The number of nitrogens with two attached hydrogens (primary N) is 1. The molecule has 2 nitrogen and oxygen atoms in total. The fraction of sp³-hybridized carbons (Fsp3) is 0.200. The van der Waals surface area contributed by atoms with Gasteiger partial charge in [0.25, 0.3) is 0 Å². The van der Waals surface area contributed by atoms with E-state index >= 15 is 0 Å². The Bertz CT molecular complexity index is 662. The Morgan fingerprint density at radius 1 is 1.05 bits per heavy atom. The Balaban J connectivity index is 1.98. The Labute approximate surface area is 120 Å². The Hall–Kier alpha value is -1.65. The van der Waals surface area contributed by atoms with E-state index in [2.05, 4.69) is 0 Å². The van der Waals surface area contributed by atoms with Crippen LogP contribution in [0.15, 0.2) is 36.4 Å². The summed E-state index contributed by atoms with van der Waals surface area (Å²) in [4.78, 5) is 0. The molecule has 2 aromatic carbocycles. The van der Waals surface area contributed by atoms with Crippen LogP contribution in [0.2, 0.25) is 5.02 Å². The van der Waals surface area contributed by atoms with E-state index in [4.69, 9.17) is 22.1 Å².